The Bertz CT molecular complexity index is 1100. The molecule has 1 unspecified atom stereocenters. The number of carboxylic acid groups (broad SMARTS) is 1. The van der Waals surface area contributed by atoms with Crippen molar-refractivity contribution in [2.24, 2.45) is 0 Å². The molecule has 7 nitrogen and oxygen atoms in total. The number of benzene rings is 1. The van der Waals surface area contributed by atoms with Gasteiger partial charge in [-0.1, -0.05) is 24.2 Å². The van der Waals surface area contributed by atoms with Gasteiger partial charge in [0.25, 0.3) is 0 Å². The summed E-state index contributed by atoms with van der Waals surface area (Å²) in [4.78, 5) is 29.3. The van der Waals surface area contributed by atoms with Crippen molar-refractivity contribution < 1.29 is 28.4 Å². The maximum Gasteiger partial charge on any atom is 0.411 e. The number of carboxylic acids is 1. The molecular formula is C23H24ClFN3O4+. The molecule has 3 rings (SSSR count). The molecule has 1 aromatic heterocycles. The van der Waals surface area contributed by atoms with E-state index in [0.29, 0.717) is 43.1 Å². The molecule has 1 N–H and O–H groups in total. The Morgan fingerprint density at radius 2 is 2.16 bits per heavy atom. The zero-order valence-electron chi connectivity index (χ0n) is 17.8. The van der Waals surface area contributed by atoms with Crippen LogP contribution >= 0.6 is 11.6 Å². The molecule has 0 aliphatic carbocycles. The van der Waals surface area contributed by atoms with Crippen LogP contribution in [-0.2, 0) is 4.79 Å². The number of carbonyl (C=O) groups is 2. The number of amides is 1. The molecule has 9 heteroatoms. The molecule has 168 valence electrons. The van der Waals surface area contributed by atoms with Crippen LogP contribution in [0, 0.1) is 12.7 Å². The highest BCUT2D eigenvalue weighted by Crippen LogP contribution is 2.27. The smallest absolute Gasteiger partial charge is 0.411 e. The number of halogens is 2. The molecule has 1 aliphatic heterocycles. The van der Waals surface area contributed by atoms with Crippen molar-refractivity contribution >= 4 is 29.2 Å². The minimum absolute atomic E-state index is 0.0107. The maximum absolute atomic E-state index is 14.2. The largest absolute Gasteiger partial charge is 0.483 e. The van der Waals surface area contributed by atoms with E-state index < -0.39 is 17.9 Å². The van der Waals surface area contributed by atoms with Gasteiger partial charge in [0.05, 0.1) is 24.3 Å². The number of pyridine rings is 1. The van der Waals surface area contributed by atoms with Gasteiger partial charge in [0, 0.05) is 19.5 Å². The van der Waals surface area contributed by atoms with Crippen molar-refractivity contribution in [3.8, 4) is 5.75 Å². The van der Waals surface area contributed by atoms with Gasteiger partial charge in [-0.25, -0.2) is 19.0 Å². The van der Waals surface area contributed by atoms with E-state index in [9.17, 15) is 19.1 Å². The number of rotatable bonds is 7. The number of nitrogens with zero attached hydrogens (tertiary/aromatic N) is 3. The van der Waals surface area contributed by atoms with E-state index >= 15 is 0 Å². The first kappa shape index (κ1) is 23.6. The van der Waals surface area contributed by atoms with Crippen LogP contribution in [0.25, 0.3) is 0 Å². The lowest BCUT2D eigenvalue weighted by molar-refractivity contribution is -0.451. The Kier molecular flexibility index (Phi) is 7.37. The first-order valence-corrected chi connectivity index (χ1v) is 10.4. The third-order valence-electron chi connectivity index (χ3n) is 5.27. The molecule has 0 radical (unpaired) electrons. The quantitative estimate of drug-likeness (QED) is 0.503. The Hall–Kier alpha value is -3.10. The van der Waals surface area contributed by atoms with Crippen molar-refractivity contribution in [3.63, 3.8) is 0 Å². The number of hydrogen-bond donors (Lipinski definition) is 1. The molecule has 0 bridgehead atoms. The fourth-order valence-electron chi connectivity index (χ4n) is 3.64. The molecule has 2 heterocycles. The van der Waals surface area contributed by atoms with Crippen molar-refractivity contribution in [2.75, 3.05) is 26.2 Å². The summed E-state index contributed by atoms with van der Waals surface area (Å²) in [6.45, 7) is 9.10. The molecule has 0 saturated heterocycles. The molecule has 1 aliphatic rings. The van der Waals surface area contributed by atoms with E-state index in [1.54, 1.807) is 23.6 Å². The van der Waals surface area contributed by atoms with Gasteiger partial charge in [-0.15, -0.1) is 0 Å². The topological polar surface area (TPSA) is 82.7 Å². The number of hydrogen-bond acceptors (Lipinski definition) is 5. The van der Waals surface area contributed by atoms with Crippen LogP contribution < -0.4 is 4.74 Å². The van der Waals surface area contributed by atoms with Crippen LogP contribution in [0.4, 0.5) is 4.39 Å². The van der Waals surface area contributed by atoms with Crippen LogP contribution in [0.1, 0.15) is 34.6 Å². The fourth-order valence-corrected chi connectivity index (χ4v) is 3.76. The van der Waals surface area contributed by atoms with Gasteiger partial charge in [-0.05, 0) is 36.2 Å². The third kappa shape index (κ3) is 5.38. The lowest BCUT2D eigenvalue weighted by atomic mass is 10.1. The zero-order chi connectivity index (χ0) is 23.4. The van der Waals surface area contributed by atoms with E-state index in [1.165, 1.54) is 24.4 Å². The number of ether oxygens (including phenoxy) is 1. The van der Waals surface area contributed by atoms with Gasteiger partial charge >= 0.3 is 11.9 Å². The predicted octanol–water partition coefficient (Wildman–Crippen LogP) is 3.50. The first-order valence-electron chi connectivity index (χ1n) is 10.00. The molecule has 0 fully saturated rings. The maximum atomic E-state index is 14.2. The van der Waals surface area contributed by atoms with E-state index in [1.807, 2.05) is 6.92 Å². The molecule has 32 heavy (non-hydrogen) atoms. The first-order chi connectivity index (χ1) is 15.2. The van der Waals surface area contributed by atoms with Crippen LogP contribution in [0.2, 0.25) is 5.02 Å². The monoisotopic (exact) mass is 460 g/mol. The molecule has 0 saturated carbocycles. The average Bonchev–Trinajstić information content (AvgIpc) is 2.74. The molecule has 1 amide bonds. The second-order valence-electron chi connectivity index (χ2n) is 7.59. The van der Waals surface area contributed by atoms with Gasteiger partial charge in [-0.2, -0.15) is 4.58 Å². The van der Waals surface area contributed by atoms with E-state index in [4.69, 9.17) is 16.3 Å². The fraction of sp³-hybridized carbons (Fsp3) is 0.304. The minimum atomic E-state index is -1.12. The van der Waals surface area contributed by atoms with Crippen LogP contribution in [0.15, 0.2) is 43.1 Å². The highest BCUT2D eigenvalue weighted by atomic mass is 35.5. The lowest BCUT2D eigenvalue weighted by Crippen LogP contribution is -2.47. The number of aromatic carboxylic acids is 1. The highest BCUT2D eigenvalue weighted by Gasteiger charge is 2.29. The Morgan fingerprint density at radius 1 is 1.41 bits per heavy atom. The van der Waals surface area contributed by atoms with Crippen LogP contribution in [-0.4, -0.2) is 63.3 Å². The summed E-state index contributed by atoms with van der Waals surface area (Å²) >= 11 is 5.84. The number of aromatic nitrogens is 1. The molecular weight excluding hydrogens is 437 g/mol. The Labute approximate surface area is 190 Å². The van der Waals surface area contributed by atoms with Crippen molar-refractivity contribution in [3.05, 3.63) is 70.8 Å². The SMILES string of the molecule is C=CC(=O)[N+]1=C(C)CN(CC(Oc2cnc(C(=O)O)c(C)c2)c2ccc(Cl)c(F)c2)CC1. The lowest BCUT2D eigenvalue weighted by Gasteiger charge is -2.29. The standard InChI is InChI=1S/C23H23ClFN3O4/c1-4-21(29)28-8-7-27(12-15(28)3)13-20(16-5-6-18(24)19(25)10-16)32-17-9-14(2)22(23(30)31)26-11-17/h4-6,9-11,20H,1,7-8,12-13H2,2-3H3/p+1. The zero-order valence-corrected chi connectivity index (χ0v) is 18.6. The summed E-state index contributed by atoms with van der Waals surface area (Å²) in [5, 5.41) is 9.20. The Balaban J connectivity index is 1.87. The molecule has 0 spiro atoms. The van der Waals surface area contributed by atoms with Crippen molar-refractivity contribution in [1.82, 2.24) is 9.88 Å². The van der Waals surface area contributed by atoms with Crippen LogP contribution in [0.5, 0.6) is 5.75 Å². The van der Waals surface area contributed by atoms with E-state index in [0.717, 1.165) is 5.71 Å². The van der Waals surface area contributed by atoms with Crippen LogP contribution in [0.3, 0.4) is 0 Å². The van der Waals surface area contributed by atoms with Gasteiger partial charge in [0.2, 0.25) is 0 Å². The second-order valence-corrected chi connectivity index (χ2v) is 7.99. The summed E-state index contributed by atoms with van der Waals surface area (Å²) in [5.41, 5.74) is 1.86. The predicted molar refractivity (Wildman–Crippen MR) is 118 cm³/mol. The van der Waals surface area contributed by atoms with Gasteiger partial charge in [-0.3, -0.25) is 4.90 Å². The summed E-state index contributed by atoms with van der Waals surface area (Å²) in [7, 11) is 0. The average molecular weight is 461 g/mol. The minimum Gasteiger partial charge on any atom is -0.483 e. The van der Waals surface area contributed by atoms with E-state index in [-0.39, 0.29) is 16.6 Å². The van der Waals surface area contributed by atoms with Crippen molar-refractivity contribution in [2.45, 2.75) is 20.0 Å². The van der Waals surface area contributed by atoms with Gasteiger partial charge < -0.3 is 9.84 Å². The second kappa shape index (κ2) is 10.0. The molecule has 2 aromatic rings. The summed E-state index contributed by atoms with van der Waals surface area (Å²) in [6.07, 6.45) is 2.05. The molecule has 1 aromatic carbocycles. The summed E-state index contributed by atoms with van der Waals surface area (Å²) in [6, 6.07) is 6.08. The normalized spacial score (nSPS) is 15.4. The number of carbonyl (C=O) groups excluding carboxylic acids is 1. The highest BCUT2D eigenvalue weighted by molar-refractivity contribution is 6.30. The van der Waals surface area contributed by atoms with Crippen molar-refractivity contribution in [1.29, 1.82) is 0 Å². The van der Waals surface area contributed by atoms with Gasteiger partial charge in [0.15, 0.2) is 18.0 Å². The summed E-state index contributed by atoms with van der Waals surface area (Å²) in [5.74, 6) is -1.45. The third-order valence-corrected chi connectivity index (χ3v) is 5.57. The van der Waals surface area contributed by atoms with Gasteiger partial charge in [0.1, 0.15) is 17.7 Å². The Morgan fingerprint density at radius 3 is 2.75 bits per heavy atom. The summed E-state index contributed by atoms with van der Waals surface area (Å²) < 4.78 is 22.0. The van der Waals surface area contributed by atoms with E-state index in [2.05, 4.69) is 16.5 Å². The molecule has 1 atom stereocenters. The number of aryl methyl sites for hydroxylation is 1.